The summed E-state index contributed by atoms with van der Waals surface area (Å²) in [6.45, 7) is 0.586. The summed E-state index contributed by atoms with van der Waals surface area (Å²) in [7, 11) is 0. The maximum atomic E-state index is 11.8. The first kappa shape index (κ1) is 13.3. The summed E-state index contributed by atoms with van der Waals surface area (Å²) in [6.07, 6.45) is 1.55. The molecule has 1 saturated heterocycles. The number of rotatable bonds is 2. The summed E-state index contributed by atoms with van der Waals surface area (Å²) in [5.41, 5.74) is 7.06. The van der Waals surface area contributed by atoms with Gasteiger partial charge < -0.3 is 5.73 Å². The Hall–Kier alpha value is -2.12. The maximum absolute atomic E-state index is 11.8. The number of hydrogen-bond acceptors (Lipinski definition) is 3. The minimum absolute atomic E-state index is 0.0992. The number of nitrogens with zero attached hydrogens (tertiary/aromatic N) is 1. The minimum Gasteiger partial charge on any atom is -0.320 e. The third-order valence-corrected chi connectivity index (χ3v) is 3.05. The average Bonchev–Trinajstić information content (AvgIpc) is 2.42. The molecule has 2 amide bonds. The molecule has 4 nitrogen and oxygen atoms in total. The molecular weight excluding hydrogens is 240 g/mol. The number of nitrogens with two attached hydrogens (primary N) is 1. The van der Waals surface area contributed by atoms with Gasteiger partial charge in [0.1, 0.15) is 0 Å². The van der Waals surface area contributed by atoms with Crippen LogP contribution in [0.25, 0.3) is 0 Å². The van der Waals surface area contributed by atoms with Crippen LogP contribution in [-0.4, -0.2) is 23.3 Å². The lowest BCUT2D eigenvalue weighted by Crippen LogP contribution is -2.39. The van der Waals surface area contributed by atoms with Crippen LogP contribution in [0.4, 0.5) is 0 Å². The molecule has 1 heterocycles. The molecule has 1 fully saturated rings. The molecule has 0 spiro atoms. The Morgan fingerprint density at radius 2 is 1.84 bits per heavy atom. The highest BCUT2D eigenvalue weighted by atomic mass is 16.2. The van der Waals surface area contributed by atoms with Crippen molar-refractivity contribution in [3.8, 4) is 11.8 Å². The number of piperidine rings is 1. The molecule has 1 aliphatic heterocycles. The van der Waals surface area contributed by atoms with E-state index in [4.69, 9.17) is 5.73 Å². The number of imide groups is 1. The normalized spacial score (nSPS) is 15.1. The van der Waals surface area contributed by atoms with E-state index in [0.717, 1.165) is 11.1 Å². The fraction of sp³-hybridized carbons (Fsp3) is 0.333. The quantitative estimate of drug-likeness (QED) is 0.635. The fourth-order valence-electron chi connectivity index (χ4n) is 2.07. The van der Waals surface area contributed by atoms with Crippen LogP contribution in [-0.2, 0) is 16.1 Å². The first-order valence-electron chi connectivity index (χ1n) is 6.32. The molecule has 2 N–H and O–H groups in total. The van der Waals surface area contributed by atoms with Crippen molar-refractivity contribution in [3.05, 3.63) is 35.4 Å². The molecule has 0 bridgehead atoms. The number of benzene rings is 1. The van der Waals surface area contributed by atoms with Gasteiger partial charge >= 0.3 is 0 Å². The monoisotopic (exact) mass is 256 g/mol. The van der Waals surface area contributed by atoms with Gasteiger partial charge in [-0.2, -0.15) is 0 Å². The van der Waals surface area contributed by atoms with Crippen molar-refractivity contribution in [1.82, 2.24) is 4.90 Å². The molecule has 0 aliphatic carbocycles. The highest BCUT2D eigenvalue weighted by Gasteiger charge is 2.26. The highest BCUT2D eigenvalue weighted by molar-refractivity contribution is 5.97. The van der Waals surface area contributed by atoms with Crippen molar-refractivity contribution in [3.63, 3.8) is 0 Å². The zero-order chi connectivity index (χ0) is 13.7. The van der Waals surface area contributed by atoms with Crippen molar-refractivity contribution in [1.29, 1.82) is 0 Å². The first-order valence-corrected chi connectivity index (χ1v) is 6.32. The smallest absolute Gasteiger partial charge is 0.229 e. The second-order valence-corrected chi connectivity index (χ2v) is 4.39. The molecule has 1 aliphatic rings. The third-order valence-electron chi connectivity index (χ3n) is 3.05. The summed E-state index contributed by atoms with van der Waals surface area (Å²) >= 11 is 0. The molecule has 0 radical (unpaired) electrons. The van der Waals surface area contributed by atoms with Crippen LogP contribution in [0, 0.1) is 11.8 Å². The molecule has 4 heteroatoms. The van der Waals surface area contributed by atoms with Crippen LogP contribution in [0.5, 0.6) is 0 Å². The van der Waals surface area contributed by atoms with Gasteiger partial charge in [-0.05, 0) is 18.1 Å². The van der Waals surface area contributed by atoms with E-state index in [1.165, 1.54) is 4.90 Å². The Bertz CT molecular complexity index is 539. The van der Waals surface area contributed by atoms with Crippen molar-refractivity contribution in [2.24, 2.45) is 5.73 Å². The van der Waals surface area contributed by atoms with Crippen LogP contribution in [0.3, 0.4) is 0 Å². The lowest BCUT2D eigenvalue weighted by atomic mass is 10.0. The van der Waals surface area contributed by atoms with Gasteiger partial charge in [-0.1, -0.05) is 30.0 Å². The van der Waals surface area contributed by atoms with E-state index in [1.807, 2.05) is 24.3 Å². The Kier molecular flexibility index (Phi) is 4.32. The molecule has 0 unspecified atom stereocenters. The Morgan fingerprint density at radius 1 is 1.16 bits per heavy atom. The van der Waals surface area contributed by atoms with E-state index in [2.05, 4.69) is 11.8 Å². The second kappa shape index (κ2) is 6.17. The molecule has 19 heavy (non-hydrogen) atoms. The number of hydrogen-bond donors (Lipinski definition) is 1. The number of carbonyl (C=O) groups excluding carboxylic acids is 2. The Balaban J connectivity index is 2.22. The topological polar surface area (TPSA) is 63.4 Å². The van der Waals surface area contributed by atoms with Gasteiger partial charge in [0.15, 0.2) is 0 Å². The molecule has 98 valence electrons. The van der Waals surface area contributed by atoms with E-state index in [1.54, 1.807) is 0 Å². The van der Waals surface area contributed by atoms with Crippen LogP contribution >= 0.6 is 0 Å². The van der Waals surface area contributed by atoms with Gasteiger partial charge in [-0.3, -0.25) is 14.5 Å². The summed E-state index contributed by atoms with van der Waals surface area (Å²) in [4.78, 5) is 24.9. The summed E-state index contributed by atoms with van der Waals surface area (Å²) in [5, 5.41) is 0. The third kappa shape index (κ3) is 3.21. The van der Waals surface area contributed by atoms with E-state index >= 15 is 0 Å². The van der Waals surface area contributed by atoms with Crippen molar-refractivity contribution in [2.45, 2.75) is 25.8 Å². The van der Waals surface area contributed by atoms with Gasteiger partial charge in [0.25, 0.3) is 0 Å². The van der Waals surface area contributed by atoms with Gasteiger partial charge in [0.05, 0.1) is 13.1 Å². The van der Waals surface area contributed by atoms with Gasteiger partial charge in [-0.15, -0.1) is 0 Å². The van der Waals surface area contributed by atoms with Crippen molar-refractivity contribution >= 4 is 11.8 Å². The molecule has 1 aromatic rings. The van der Waals surface area contributed by atoms with Gasteiger partial charge in [-0.25, -0.2) is 0 Å². The zero-order valence-corrected chi connectivity index (χ0v) is 10.7. The summed E-state index contributed by atoms with van der Waals surface area (Å²) in [5.74, 6) is 5.56. The summed E-state index contributed by atoms with van der Waals surface area (Å²) < 4.78 is 0. The fourth-order valence-corrected chi connectivity index (χ4v) is 2.07. The van der Waals surface area contributed by atoms with E-state index in [0.29, 0.717) is 25.8 Å². The maximum Gasteiger partial charge on any atom is 0.229 e. The van der Waals surface area contributed by atoms with Crippen LogP contribution < -0.4 is 5.73 Å². The van der Waals surface area contributed by atoms with Crippen molar-refractivity contribution < 1.29 is 9.59 Å². The predicted octanol–water partition coefficient (Wildman–Crippen LogP) is 1.04. The molecule has 0 saturated carbocycles. The zero-order valence-electron chi connectivity index (χ0n) is 10.7. The lowest BCUT2D eigenvalue weighted by molar-refractivity contribution is -0.148. The predicted molar refractivity (Wildman–Crippen MR) is 71.8 cm³/mol. The Morgan fingerprint density at radius 3 is 2.53 bits per heavy atom. The molecule has 0 atom stereocenters. The molecule has 0 aromatic heterocycles. The van der Waals surface area contributed by atoms with Crippen LogP contribution in [0.1, 0.15) is 30.4 Å². The van der Waals surface area contributed by atoms with Gasteiger partial charge in [0.2, 0.25) is 11.8 Å². The van der Waals surface area contributed by atoms with E-state index in [9.17, 15) is 9.59 Å². The second-order valence-electron chi connectivity index (χ2n) is 4.39. The number of carbonyl (C=O) groups is 2. The van der Waals surface area contributed by atoms with Crippen LogP contribution in [0.15, 0.2) is 24.3 Å². The molecule has 2 rings (SSSR count). The van der Waals surface area contributed by atoms with E-state index < -0.39 is 0 Å². The molecule has 1 aromatic carbocycles. The molecular formula is C15H16N2O2. The van der Waals surface area contributed by atoms with Gasteiger partial charge in [0, 0.05) is 18.4 Å². The minimum atomic E-state index is -0.0992. The number of likely N-dealkylation sites (tertiary alicyclic amines) is 1. The van der Waals surface area contributed by atoms with E-state index in [-0.39, 0.29) is 18.4 Å². The summed E-state index contributed by atoms with van der Waals surface area (Å²) in [6, 6.07) is 7.51. The average molecular weight is 256 g/mol. The standard InChI is InChI=1S/C15H16N2O2/c16-10-4-7-12-5-1-2-6-13(12)11-17-14(18)8-3-9-15(17)19/h1-2,5-6H,3,8-11,16H2. The largest absolute Gasteiger partial charge is 0.320 e. The lowest BCUT2D eigenvalue weighted by Gasteiger charge is -2.25. The van der Waals surface area contributed by atoms with Crippen LogP contribution in [0.2, 0.25) is 0 Å². The highest BCUT2D eigenvalue weighted by Crippen LogP contribution is 2.17. The number of amides is 2. The van der Waals surface area contributed by atoms with Crippen molar-refractivity contribution in [2.75, 3.05) is 6.54 Å². The first-order chi connectivity index (χ1) is 9.22. The Labute approximate surface area is 112 Å². The SMILES string of the molecule is NCC#Cc1ccccc1CN1C(=O)CCCC1=O.